The Morgan fingerprint density at radius 2 is 0.911 bits per heavy atom. The highest BCUT2D eigenvalue weighted by Gasteiger charge is 2.20. The molecule has 56 heavy (non-hydrogen) atoms. The Morgan fingerprint density at radius 1 is 0.375 bits per heavy atom. The molecule has 0 aliphatic heterocycles. The van der Waals surface area contributed by atoms with E-state index in [4.69, 9.17) is 24.9 Å². The number of hydrogen-bond donors (Lipinski definition) is 0. The Hall–Kier alpha value is -7.84. The van der Waals surface area contributed by atoms with Crippen LogP contribution in [0, 0.1) is 0 Å². The summed E-state index contributed by atoms with van der Waals surface area (Å²) < 4.78 is 3.77. The molecule has 0 aliphatic rings. The van der Waals surface area contributed by atoms with Crippen LogP contribution in [-0.2, 0) is 0 Å². The Bertz CT molecular complexity index is 3320. The van der Waals surface area contributed by atoms with E-state index in [0.717, 1.165) is 60.5 Å². The van der Waals surface area contributed by atoms with Gasteiger partial charge in [-0.3, -0.25) is 9.36 Å². The summed E-state index contributed by atoms with van der Waals surface area (Å²) in [6.07, 6.45) is 0. The van der Waals surface area contributed by atoms with Gasteiger partial charge in [0.1, 0.15) is 5.82 Å². The predicted molar refractivity (Wildman–Crippen MR) is 224 cm³/mol. The second-order valence-corrected chi connectivity index (χ2v) is 13.7. The average molecular weight is 720 g/mol. The monoisotopic (exact) mass is 719 g/mol. The molecular formula is C48H29N7O. The van der Waals surface area contributed by atoms with Crippen molar-refractivity contribution in [3.63, 3.8) is 0 Å². The minimum absolute atomic E-state index is 0.167. The fourth-order valence-electron chi connectivity index (χ4n) is 7.71. The van der Waals surface area contributed by atoms with Gasteiger partial charge in [-0.15, -0.1) is 0 Å². The first-order valence-electron chi connectivity index (χ1n) is 18.4. The van der Waals surface area contributed by atoms with Gasteiger partial charge in [-0.2, -0.15) is 9.97 Å². The summed E-state index contributed by atoms with van der Waals surface area (Å²) in [5.41, 5.74) is 8.29. The first-order valence-corrected chi connectivity index (χ1v) is 18.4. The van der Waals surface area contributed by atoms with Gasteiger partial charge in [0.25, 0.3) is 5.56 Å². The lowest BCUT2D eigenvalue weighted by Crippen LogP contribution is -2.19. The molecule has 4 aromatic heterocycles. The minimum atomic E-state index is -0.167. The largest absolute Gasteiger partial charge is 0.278 e. The molecule has 0 bridgehead atoms. The van der Waals surface area contributed by atoms with E-state index >= 15 is 0 Å². The molecule has 8 heteroatoms. The number of benzene rings is 7. The Balaban J connectivity index is 1.11. The van der Waals surface area contributed by atoms with Crippen molar-refractivity contribution in [3.8, 4) is 51.2 Å². The van der Waals surface area contributed by atoms with Crippen molar-refractivity contribution in [2.45, 2.75) is 0 Å². The molecule has 0 saturated heterocycles. The normalized spacial score (nSPS) is 11.6. The number of rotatable bonds is 5. The third-order valence-corrected chi connectivity index (χ3v) is 10.4. The Labute approximate surface area is 319 Å². The molecule has 0 atom stereocenters. The highest BCUT2D eigenvalue weighted by molar-refractivity contribution is 6.10. The van der Waals surface area contributed by atoms with E-state index in [1.807, 2.05) is 146 Å². The second kappa shape index (κ2) is 12.6. The predicted octanol–water partition coefficient (Wildman–Crippen LogP) is 10.3. The summed E-state index contributed by atoms with van der Waals surface area (Å²) in [4.78, 5) is 39.7. The SMILES string of the molecule is O=c1c2cc(-c3ccc4c(c3)c3ccccc3n4-c3nc(-c4ccccc4)nc(-c4ccccc4)n3)ccc2nc2c3ccccc3nc(-c3ccccc3)n12. The van der Waals surface area contributed by atoms with Gasteiger partial charge >= 0.3 is 0 Å². The van der Waals surface area contributed by atoms with Crippen LogP contribution >= 0.6 is 0 Å². The Kier molecular flexibility index (Phi) is 7.15. The van der Waals surface area contributed by atoms with Gasteiger partial charge in [0.05, 0.1) is 27.5 Å². The van der Waals surface area contributed by atoms with Crippen LogP contribution in [0.25, 0.3) is 100 Å². The van der Waals surface area contributed by atoms with Crippen LogP contribution in [0.2, 0.25) is 0 Å². The van der Waals surface area contributed by atoms with Gasteiger partial charge in [0.15, 0.2) is 17.3 Å². The molecule has 0 amide bonds. The summed E-state index contributed by atoms with van der Waals surface area (Å²) in [5, 5.41) is 3.44. The number of hydrogen-bond acceptors (Lipinski definition) is 6. The van der Waals surface area contributed by atoms with Crippen LogP contribution in [0.3, 0.4) is 0 Å². The van der Waals surface area contributed by atoms with Gasteiger partial charge in [-0.25, -0.2) is 19.4 Å². The maximum Gasteiger partial charge on any atom is 0.267 e. The van der Waals surface area contributed by atoms with E-state index in [1.165, 1.54) is 0 Å². The summed E-state index contributed by atoms with van der Waals surface area (Å²) in [5.74, 6) is 2.28. The van der Waals surface area contributed by atoms with Crippen molar-refractivity contribution in [2.24, 2.45) is 0 Å². The lowest BCUT2D eigenvalue weighted by atomic mass is 10.0. The quantitative estimate of drug-likeness (QED) is 0.130. The maximum atomic E-state index is 14.6. The first-order chi connectivity index (χ1) is 27.7. The van der Waals surface area contributed by atoms with Crippen molar-refractivity contribution >= 4 is 49.3 Å². The molecule has 8 nitrogen and oxygen atoms in total. The van der Waals surface area contributed by atoms with E-state index < -0.39 is 0 Å². The van der Waals surface area contributed by atoms with Crippen molar-refractivity contribution < 1.29 is 0 Å². The van der Waals surface area contributed by atoms with Crippen molar-refractivity contribution in [1.82, 2.24) is 33.9 Å². The van der Waals surface area contributed by atoms with Crippen LogP contribution in [0.15, 0.2) is 181 Å². The van der Waals surface area contributed by atoms with Crippen LogP contribution < -0.4 is 5.56 Å². The van der Waals surface area contributed by atoms with Crippen LogP contribution in [0.5, 0.6) is 0 Å². The Morgan fingerprint density at radius 3 is 1.61 bits per heavy atom. The molecule has 11 rings (SSSR count). The fourth-order valence-corrected chi connectivity index (χ4v) is 7.71. The summed E-state index contributed by atoms with van der Waals surface area (Å²) in [6, 6.07) is 58.2. The lowest BCUT2D eigenvalue weighted by Gasteiger charge is -2.13. The van der Waals surface area contributed by atoms with Gasteiger partial charge in [0, 0.05) is 32.8 Å². The molecule has 7 aromatic carbocycles. The smallest absolute Gasteiger partial charge is 0.267 e. The topological polar surface area (TPSA) is 90.9 Å². The van der Waals surface area contributed by atoms with Crippen molar-refractivity contribution in [3.05, 3.63) is 186 Å². The standard InChI is InChI=1S/C48H29N7O/c56-47-38-29-33(24-26-40(38)50-46-36-21-10-12-22-39(36)49-45(55(46)47)32-18-8-3-9-19-32)34-25-27-42-37(28-34)35-20-11-13-23-41(35)54(42)48-52-43(30-14-4-1-5-15-30)51-44(53-48)31-16-6-2-7-17-31/h1-29H. The molecule has 4 heterocycles. The molecule has 0 radical (unpaired) electrons. The van der Waals surface area contributed by atoms with E-state index in [9.17, 15) is 4.79 Å². The number of nitrogens with zero attached hydrogens (tertiary/aromatic N) is 7. The molecule has 0 saturated carbocycles. The summed E-state index contributed by atoms with van der Waals surface area (Å²) in [7, 11) is 0. The van der Waals surface area contributed by atoms with E-state index in [0.29, 0.717) is 40.0 Å². The fraction of sp³-hybridized carbons (Fsp3) is 0. The van der Waals surface area contributed by atoms with Crippen LogP contribution in [0.4, 0.5) is 0 Å². The number of fused-ring (bicyclic) bond motifs is 7. The second-order valence-electron chi connectivity index (χ2n) is 13.7. The van der Waals surface area contributed by atoms with E-state index in [2.05, 4.69) is 34.9 Å². The van der Waals surface area contributed by atoms with Gasteiger partial charge in [0.2, 0.25) is 5.95 Å². The highest BCUT2D eigenvalue weighted by Crippen LogP contribution is 2.36. The average Bonchev–Trinajstić information content (AvgIpc) is 3.60. The van der Waals surface area contributed by atoms with Gasteiger partial charge in [-0.1, -0.05) is 133 Å². The van der Waals surface area contributed by atoms with Crippen LogP contribution in [0.1, 0.15) is 0 Å². The highest BCUT2D eigenvalue weighted by atomic mass is 16.1. The zero-order valence-electron chi connectivity index (χ0n) is 29.8. The number of aromatic nitrogens is 7. The third kappa shape index (κ3) is 5.08. The summed E-state index contributed by atoms with van der Waals surface area (Å²) in [6.45, 7) is 0. The van der Waals surface area contributed by atoms with E-state index in [1.54, 1.807) is 4.40 Å². The molecule has 0 aliphatic carbocycles. The van der Waals surface area contributed by atoms with Crippen molar-refractivity contribution in [1.29, 1.82) is 0 Å². The lowest BCUT2D eigenvalue weighted by molar-refractivity contribution is 0.953. The summed E-state index contributed by atoms with van der Waals surface area (Å²) >= 11 is 0. The zero-order valence-corrected chi connectivity index (χ0v) is 29.8. The molecule has 262 valence electrons. The molecule has 0 spiro atoms. The maximum absolute atomic E-state index is 14.6. The van der Waals surface area contributed by atoms with Gasteiger partial charge in [-0.05, 0) is 53.6 Å². The molecule has 0 fully saturated rings. The molecule has 11 aromatic rings. The van der Waals surface area contributed by atoms with Gasteiger partial charge < -0.3 is 0 Å². The number of para-hydroxylation sites is 2. The minimum Gasteiger partial charge on any atom is -0.278 e. The molecule has 0 unspecified atom stereocenters. The first kappa shape index (κ1) is 31.7. The van der Waals surface area contributed by atoms with Crippen LogP contribution in [-0.4, -0.2) is 33.9 Å². The third-order valence-electron chi connectivity index (χ3n) is 10.4. The van der Waals surface area contributed by atoms with E-state index in [-0.39, 0.29) is 5.56 Å². The molecular weight excluding hydrogens is 691 g/mol. The van der Waals surface area contributed by atoms with Crippen molar-refractivity contribution in [2.75, 3.05) is 0 Å². The molecule has 0 N–H and O–H groups in total. The zero-order chi connectivity index (χ0) is 37.2.